The number of nitrogens with zero attached hydrogens (tertiary/aromatic N) is 3. The first kappa shape index (κ1) is 18.0. The summed E-state index contributed by atoms with van der Waals surface area (Å²) in [7, 11) is 0. The molecule has 0 saturated heterocycles. The molecule has 1 saturated carbocycles. The van der Waals surface area contributed by atoms with E-state index in [1.807, 2.05) is 23.4 Å². The summed E-state index contributed by atoms with van der Waals surface area (Å²) < 4.78 is 0. The molecule has 4 rings (SSSR count). The van der Waals surface area contributed by atoms with Crippen molar-refractivity contribution < 1.29 is 4.79 Å². The highest BCUT2D eigenvalue weighted by atomic mass is 35.5. The molecule has 25 heavy (non-hydrogen) atoms. The number of nitrogens with two attached hydrogens (primary N) is 1. The van der Waals surface area contributed by atoms with E-state index in [-0.39, 0.29) is 30.4 Å². The van der Waals surface area contributed by atoms with E-state index in [1.165, 1.54) is 0 Å². The molecular weight excluding hydrogens is 360 g/mol. The third kappa shape index (κ3) is 3.61. The van der Waals surface area contributed by atoms with E-state index in [2.05, 4.69) is 20.3 Å². The maximum atomic E-state index is 12.6. The van der Waals surface area contributed by atoms with Crippen LogP contribution in [0.5, 0.6) is 0 Å². The van der Waals surface area contributed by atoms with Crippen molar-refractivity contribution >= 4 is 46.9 Å². The van der Waals surface area contributed by atoms with Crippen LogP contribution in [-0.2, 0) is 4.79 Å². The molecule has 1 fully saturated rings. The minimum absolute atomic E-state index is 0. The van der Waals surface area contributed by atoms with E-state index in [0.29, 0.717) is 4.91 Å². The molecular formula is C16H21ClN6OS. The molecule has 0 bridgehead atoms. The molecule has 2 atom stereocenters. The van der Waals surface area contributed by atoms with E-state index < -0.39 is 0 Å². The number of hydrogen-bond donors (Lipinski definition) is 3. The van der Waals surface area contributed by atoms with Crippen molar-refractivity contribution in [2.24, 2.45) is 5.73 Å². The van der Waals surface area contributed by atoms with Crippen LogP contribution >= 0.6 is 24.2 Å². The molecule has 3 heterocycles. The van der Waals surface area contributed by atoms with Crippen molar-refractivity contribution in [1.82, 2.24) is 20.3 Å². The number of amides is 1. The van der Waals surface area contributed by atoms with Crippen molar-refractivity contribution in [3.63, 3.8) is 0 Å². The number of carbonyl (C=O) groups is 1. The molecule has 9 heteroatoms. The number of aromatic nitrogens is 3. The van der Waals surface area contributed by atoms with Crippen LogP contribution in [0.1, 0.15) is 19.3 Å². The van der Waals surface area contributed by atoms with E-state index in [9.17, 15) is 4.79 Å². The van der Waals surface area contributed by atoms with Gasteiger partial charge in [0.05, 0.1) is 10.3 Å². The lowest BCUT2D eigenvalue weighted by Crippen LogP contribution is -2.44. The van der Waals surface area contributed by atoms with Gasteiger partial charge in [0.1, 0.15) is 17.8 Å². The minimum Gasteiger partial charge on any atom is -0.347 e. The molecule has 0 radical (unpaired) electrons. The molecule has 0 aromatic carbocycles. The maximum absolute atomic E-state index is 12.6. The standard InChI is InChI=1S/C16H20N6OS.ClH/c17-11-2-1-3-12(11)21-16(23)13-8-22(6-7-24-13)15-10-4-5-18-14(10)19-9-20-15;/h4-5,8-9,11-12H,1-3,6-7,17H2,(H,21,23)(H,18,19,20);1H/t11-,12+;/m0./s1. The lowest BCUT2D eigenvalue weighted by Gasteiger charge is -2.26. The lowest BCUT2D eigenvalue weighted by atomic mass is 10.2. The lowest BCUT2D eigenvalue weighted by molar-refractivity contribution is -0.117. The van der Waals surface area contributed by atoms with Gasteiger partial charge >= 0.3 is 0 Å². The number of hydrogen-bond acceptors (Lipinski definition) is 6. The van der Waals surface area contributed by atoms with Gasteiger partial charge in [-0.25, -0.2) is 9.97 Å². The number of carbonyl (C=O) groups excluding carboxylic acids is 1. The zero-order valence-corrected chi connectivity index (χ0v) is 15.3. The van der Waals surface area contributed by atoms with Crippen molar-refractivity contribution in [2.75, 3.05) is 17.2 Å². The summed E-state index contributed by atoms with van der Waals surface area (Å²) in [6, 6.07) is 2.11. The second-order valence-corrected chi connectivity index (χ2v) is 7.28. The van der Waals surface area contributed by atoms with Crippen LogP contribution in [0.2, 0.25) is 0 Å². The fraction of sp³-hybridized carbons (Fsp3) is 0.438. The van der Waals surface area contributed by atoms with Crippen LogP contribution in [0.25, 0.3) is 11.0 Å². The number of thioether (sulfide) groups is 1. The number of fused-ring (bicyclic) bond motifs is 1. The average Bonchev–Trinajstić information content (AvgIpc) is 3.24. The van der Waals surface area contributed by atoms with Gasteiger partial charge in [0.15, 0.2) is 0 Å². The predicted octanol–water partition coefficient (Wildman–Crippen LogP) is 1.77. The second-order valence-electron chi connectivity index (χ2n) is 6.15. The van der Waals surface area contributed by atoms with E-state index in [1.54, 1.807) is 18.1 Å². The van der Waals surface area contributed by atoms with Crippen LogP contribution in [-0.4, -0.2) is 45.2 Å². The Labute approximate surface area is 156 Å². The summed E-state index contributed by atoms with van der Waals surface area (Å²) in [6.45, 7) is 0.807. The fourth-order valence-electron chi connectivity index (χ4n) is 3.28. The minimum atomic E-state index is -0.0357. The van der Waals surface area contributed by atoms with Crippen LogP contribution in [0.3, 0.4) is 0 Å². The Kier molecular flexibility index (Phi) is 5.51. The summed E-state index contributed by atoms with van der Waals surface area (Å²) >= 11 is 1.58. The second kappa shape index (κ2) is 7.63. The van der Waals surface area contributed by atoms with Crippen LogP contribution < -0.4 is 16.0 Å². The number of H-pyrrole nitrogens is 1. The molecule has 7 nitrogen and oxygen atoms in total. The van der Waals surface area contributed by atoms with Gasteiger partial charge in [-0.3, -0.25) is 4.79 Å². The molecule has 134 valence electrons. The van der Waals surface area contributed by atoms with Crippen molar-refractivity contribution in [1.29, 1.82) is 0 Å². The van der Waals surface area contributed by atoms with Crippen LogP contribution in [0, 0.1) is 0 Å². The monoisotopic (exact) mass is 380 g/mol. The summed E-state index contributed by atoms with van der Waals surface area (Å²) in [5.74, 6) is 1.63. The highest BCUT2D eigenvalue weighted by molar-refractivity contribution is 8.04. The molecule has 1 aliphatic heterocycles. The maximum Gasteiger partial charge on any atom is 0.259 e. The number of halogens is 1. The van der Waals surface area contributed by atoms with Crippen LogP contribution in [0.4, 0.5) is 5.82 Å². The molecule has 2 aliphatic rings. The largest absolute Gasteiger partial charge is 0.347 e. The Morgan fingerprint density at radius 2 is 2.28 bits per heavy atom. The van der Waals surface area contributed by atoms with Gasteiger partial charge < -0.3 is 20.9 Å². The van der Waals surface area contributed by atoms with Gasteiger partial charge in [-0.15, -0.1) is 24.2 Å². The van der Waals surface area contributed by atoms with Gasteiger partial charge in [0, 0.05) is 36.8 Å². The number of rotatable bonds is 3. The SMILES string of the molecule is Cl.N[C@H]1CCC[C@H]1NC(=O)C1=CN(c2ncnc3[nH]ccc23)CCS1. The highest BCUT2D eigenvalue weighted by Gasteiger charge is 2.28. The smallest absolute Gasteiger partial charge is 0.259 e. The predicted molar refractivity (Wildman–Crippen MR) is 103 cm³/mol. The molecule has 0 unspecified atom stereocenters. The van der Waals surface area contributed by atoms with Gasteiger partial charge in [-0.2, -0.15) is 0 Å². The van der Waals surface area contributed by atoms with E-state index >= 15 is 0 Å². The molecule has 1 amide bonds. The molecule has 0 spiro atoms. The van der Waals surface area contributed by atoms with Crippen molar-refractivity contribution in [3.8, 4) is 0 Å². The quantitative estimate of drug-likeness (QED) is 0.750. The normalized spacial score (nSPS) is 23.2. The molecule has 4 N–H and O–H groups in total. The topological polar surface area (TPSA) is 99.9 Å². The zero-order chi connectivity index (χ0) is 16.5. The van der Waals surface area contributed by atoms with Gasteiger partial charge in [0.25, 0.3) is 5.91 Å². The Morgan fingerprint density at radius 3 is 3.08 bits per heavy atom. The van der Waals surface area contributed by atoms with Gasteiger partial charge in [-0.05, 0) is 25.3 Å². The molecule has 2 aromatic heterocycles. The first-order valence-corrected chi connectivity index (χ1v) is 9.17. The van der Waals surface area contributed by atoms with Gasteiger partial charge in [0.2, 0.25) is 0 Å². The number of anilines is 1. The average molecular weight is 381 g/mol. The Bertz CT molecular complexity index is 794. The summed E-state index contributed by atoms with van der Waals surface area (Å²) in [4.78, 5) is 27.0. The van der Waals surface area contributed by atoms with Crippen molar-refractivity contribution in [3.05, 3.63) is 29.7 Å². The number of aromatic amines is 1. The first-order valence-electron chi connectivity index (χ1n) is 8.18. The Morgan fingerprint density at radius 1 is 1.40 bits per heavy atom. The fourth-order valence-corrected chi connectivity index (χ4v) is 4.18. The third-order valence-electron chi connectivity index (χ3n) is 4.58. The summed E-state index contributed by atoms with van der Waals surface area (Å²) in [6.07, 6.45) is 8.30. The summed E-state index contributed by atoms with van der Waals surface area (Å²) in [5.41, 5.74) is 6.85. The first-order chi connectivity index (χ1) is 11.7. The Hall–Kier alpha value is -1.77. The van der Waals surface area contributed by atoms with E-state index in [4.69, 9.17) is 5.73 Å². The highest BCUT2D eigenvalue weighted by Crippen LogP contribution is 2.29. The third-order valence-corrected chi connectivity index (χ3v) is 5.57. The van der Waals surface area contributed by atoms with Gasteiger partial charge in [-0.1, -0.05) is 0 Å². The van der Waals surface area contributed by atoms with Crippen molar-refractivity contribution in [2.45, 2.75) is 31.3 Å². The van der Waals surface area contributed by atoms with Crippen LogP contribution in [0.15, 0.2) is 29.7 Å². The molecule has 2 aromatic rings. The zero-order valence-electron chi connectivity index (χ0n) is 13.6. The Balaban J connectivity index is 0.00000182. The molecule has 1 aliphatic carbocycles. The number of nitrogens with one attached hydrogen (secondary N) is 2. The van der Waals surface area contributed by atoms with E-state index in [0.717, 1.165) is 48.4 Å². The summed E-state index contributed by atoms with van der Waals surface area (Å²) in [5, 5.41) is 4.04.